The fourth-order valence-corrected chi connectivity index (χ4v) is 2.63. The molecule has 2 aromatic rings. The summed E-state index contributed by atoms with van der Waals surface area (Å²) in [5.74, 6) is 1.38. The van der Waals surface area contributed by atoms with Crippen molar-refractivity contribution < 1.29 is 13.2 Å². The van der Waals surface area contributed by atoms with Gasteiger partial charge in [0.1, 0.15) is 23.7 Å². The van der Waals surface area contributed by atoms with Gasteiger partial charge in [-0.05, 0) is 6.07 Å². The van der Waals surface area contributed by atoms with Crippen LogP contribution in [0, 0.1) is 5.41 Å². The first-order valence-corrected chi connectivity index (χ1v) is 8.42. The lowest BCUT2D eigenvalue weighted by atomic mass is 10.2. The van der Waals surface area contributed by atoms with Gasteiger partial charge in [0.2, 0.25) is 10.0 Å². The number of hydrogen-bond donors (Lipinski definition) is 4. The van der Waals surface area contributed by atoms with Gasteiger partial charge in [0, 0.05) is 31.4 Å². The van der Waals surface area contributed by atoms with Gasteiger partial charge in [0.15, 0.2) is 0 Å². The maximum atomic E-state index is 11.4. The van der Waals surface area contributed by atoms with Crippen LogP contribution in [-0.4, -0.2) is 38.8 Å². The second-order valence-electron chi connectivity index (χ2n) is 4.75. The standard InChI is InChI=1S/C14H18N6O3S/c1-17-13-11(6-15)14(20-8-19-13)18-7-9-3-4-10(24(16,21)22)5-12(9)23-2/h3-6,8,15H,7H2,1-2H3,(H2,16,21,22)(H2,17,18,19,20). The number of sulfonamides is 1. The molecule has 5 N–H and O–H groups in total. The predicted octanol–water partition coefficient (Wildman–Crippen LogP) is 0.784. The van der Waals surface area contributed by atoms with Gasteiger partial charge in [0.25, 0.3) is 0 Å². The Morgan fingerprint density at radius 1 is 1.33 bits per heavy atom. The van der Waals surface area contributed by atoms with Gasteiger partial charge in [-0.25, -0.2) is 23.5 Å². The van der Waals surface area contributed by atoms with Crippen molar-refractivity contribution >= 4 is 27.9 Å². The first-order chi connectivity index (χ1) is 11.4. The number of hydrogen-bond acceptors (Lipinski definition) is 8. The van der Waals surface area contributed by atoms with E-state index in [1.54, 1.807) is 13.1 Å². The zero-order valence-corrected chi connectivity index (χ0v) is 14.0. The number of aromatic nitrogens is 2. The van der Waals surface area contributed by atoms with Crippen molar-refractivity contribution in [2.45, 2.75) is 11.4 Å². The molecular weight excluding hydrogens is 332 g/mol. The van der Waals surface area contributed by atoms with Gasteiger partial charge in [-0.2, -0.15) is 0 Å². The molecule has 0 unspecified atom stereocenters. The zero-order chi connectivity index (χ0) is 17.7. The monoisotopic (exact) mass is 350 g/mol. The molecular formula is C14H18N6O3S. The van der Waals surface area contributed by atoms with Crippen molar-refractivity contribution in [3.8, 4) is 5.75 Å². The summed E-state index contributed by atoms with van der Waals surface area (Å²) in [5.41, 5.74) is 1.23. The molecule has 1 aromatic heterocycles. The average molecular weight is 350 g/mol. The molecule has 10 heteroatoms. The molecule has 0 aliphatic heterocycles. The Morgan fingerprint density at radius 2 is 2.04 bits per heavy atom. The van der Waals surface area contributed by atoms with E-state index in [0.29, 0.717) is 35.1 Å². The number of nitrogens with two attached hydrogens (primary N) is 1. The maximum Gasteiger partial charge on any atom is 0.238 e. The summed E-state index contributed by atoms with van der Waals surface area (Å²) < 4.78 is 28.0. The first kappa shape index (κ1) is 17.6. The highest BCUT2D eigenvalue weighted by Gasteiger charge is 2.13. The summed E-state index contributed by atoms with van der Waals surface area (Å²) >= 11 is 0. The largest absolute Gasteiger partial charge is 0.496 e. The Hall–Kier alpha value is -2.72. The van der Waals surface area contributed by atoms with Gasteiger partial charge in [0.05, 0.1) is 17.6 Å². The lowest BCUT2D eigenvalue weighted by molar-refractivity contribution is 0.409. The molecule has 0 atom stereocenters. The quantitative estimate of drug-likeness (QED) is 0.540. The van der Waals surface area contributed by atoms with E-state index in [0.717, 1.165) is 6.21 Å². The van der Waals surface area contributed by atoms with Crippen LogP contribution in [0.15, 0.2) is 29.4 Å². The molecule has 0 bridgehead atoms. The van der Waals surface area contributed by atoms with Crippen LogP contribution in [0.1, 0.15) is 11.1 Å². The Labute approximate surface area is 139 Å². The van der Waals surface area contributed by atoms with Crippen LogP contribution in [0.2, 0.25) is 0 Å². The van der Waals surface area contributed by atoms with Crippen molar-refractivity contribution in [3.63, 3.8) is 0 Å². The third kappa shape index (κ3) is 3.78. The molecule has 1 aromatic carbocycles. The van der Waals surface area contributed by atoms with Crippen LogP contribution in [-0.2, 0) is 16.6 Å². The summed E-state index contributed by atoms with van der Waals surface area (Å²) in [4.78, 5) is 8.13. The fourth-order valence-electron chi connectivity index (χ4n) is 2.10. The Kier molecular flexibility index (Phi) is 5.31. The summed E-state index contributed by atoms with van der Waals surface area (Å²) in [6.07, 6.45) is 2.53. The van der Waals surface area contributed by atoms with Crippen molar-refractivity contribution in [2.75, 3.05) is 24.8 Å². The Morgan fingerprint density at radius 3 is 2.62 bits per heavy atom. The van der Waals surface area contributed by atoms with Crippen LogP contribution < -0.4 is 20.5 Å². The van der Waals surface area contributed by atoms with Gasteiger partial charge in [-0.15, -0.1) is 0 Å². The summed E-state index contributed by atoms with van der Waals surface area (Å²) in [7, 11) is -0.653. The number of primary sulfonamides is 1. The molecule has 0 aliphatic carbocycles. The number of benzene rings is 1. The van der Waals surface area contributed by atoms with Gasteiger partial charge >= 0.3 is 0 Å². The van der Waals surface area contributed by atoms with Crippen LogP contribution in [0.5, 0.6) is 5.75 Å². The second-order valence-corrected chi connectivity index (χ2v) is 6.31. The normalized spacial score (nSPS) is 11.0. The molecule has 2 rings (SSSR count). The minimum absolute atomic E-state index is 0.0252. The van der Waals surface area contributed by atoms with E-state index in [1.165, 1.54) is 25.6 Å². The summed E-state index contributed by atoms with van der Waals surface area (Å²) in [6.45, 7) is 0.315. The van der Waals surface area contributed by atoms with Gasteiger partial charge < -0.3 is 20.8 Å². The SMILES string of the molecule is CNc1ncnc(NCc2ccc(S(N)(=O)=O)cc2OC)c1C=N. The van der Waals surface area contributed by atoms with E-state index in [9.17, 15) is 8.42 Å². The fraction of sp³-hybridized carbons (Fsp3) is 0.214. The van der Waals surface area contributed by atoms with Crippen molar-refractivity contribution in [2.24, 2.45) is 5.14 Å². The number of rotatable bonds is 7. The molecule has 0 fully saturated rings. The molecule has 24 heavy (non-hydrogen) atoms. The molecule has 1 heterocycles. The molecule has 0 saturated heterocycles. The Balaban J connectivity index is 2.28. The number of nitrogens with zero attached hydrogens (tertiary/aromatic N) is 2. The number of ether oxygens (including phenoxy) is 1. The topological polar surface area (TPSA) is 143 Å². The molecule has 0 spiro atoms. The lowest BCUT2D eigenvalue weighted by Crippen LogP contribution is -2.13. The van der Waals surface area contributed by atoms with E-state index < -0.39 is 10.0 Å². The smallest absolute Gasteiger partial charge is 0.238 e. The predicted molar refractivity (Wildman–Crippen MR) is 91.2 cm³/mol. The third-order valence-electron chi connectivity index (χ3n) is 3.30. The van der Waals surface area contributed by atoms with E-state index in [-0.39, 0.29) is 4.90 Å². The highest BCUT2D eigenvalue weighted by atomic mass is 32.2. The minimum atomic E-state index is -3.80. The molecule has 0 saturated carbocycles. The van der Waals surface area contributed by atoms with E-state index in [4.69, 9.17) is 15.3 Å². The second kappa shape index (κ2) is 7.23. The van der Waals surface area contributed by atoms with Crippen LogP contribution in [0.25, 0.3) is 0 Å². The third-order valence-corrected chi connectivity index (χ3v) is 4.21. The van der Waals surface area contributed by atoms with E-state index in [2.05, 4.69) is 20.6 Å². The van der Waals surface area contributed by atoms with Crippen LogP contribution in [0.3, 0.4) is 0 Å². The maximum absolute atomic E-state index is 11.4. The van der Waals surface area contributed by atoms with Gasteiger partial charge in [-0.1, -0.05) is 6.07 Å². The molecule has 0 radical (unpaired) electrons. The lowest BCUT2D eigenvalue weighted by Gasteiger charge is -2.13. The summed E-state index contributed by atoms with van der Waals surface area (Å²) in [6, 6.07) is 4.38. The van der Waals surface area contributed by atoms with Gasteiger partial charge in [-0.3, -0.25) is 0 Å². The molecule has 0 aliphatic rings. The molecule has 128 valence electrons. The van der Waals surface area contributed by atoms with Crippen LogP contribution in [0.4, 0.5) is 11.6 Å². The zero-order valence-electron chi connectivity index (χ0n) is 13.2. The number of methoxy groups -OCH3 is 1. The number of nitrogens with one attached hydrogen (secondary N) is 3. The molecule has 0 amide bonds. The average Bonchev–Trinajstić information content (AvgIpc) is 2.58. The highest BCUT2D eigenvalue weighted by Crippen LogP contribution is 2.24. The molecule has 9 nitrogen and oxygen atoms in total. The van der Waals surface area contributed by atoms with Crippen LogP contribution >= 0.6 is 0 Å². The minimum Gasteiger partial charge on any atom is -0.496 e. The van der Waals surface area contributed by atoms with E-state index in [1.807, 2.05) is 0 Å². The Bertz CT molecular complexity index is 854. The highest BCUT2D eigenvalue weighted by molar-refractivity contribution is 7.89. The van der Waals surface area contributed by atoms with Crippen molar-refractivity contribution in [1.82, 2.24) is 9.97 Å². The van der Waals surface area contributed by atoms with E-state index >= 15 is 0 Å². The van der Waals surface area contributed by atoms with Crippen molar-refractivity contribution in [1.29, 1.82) is 5.41 Å². The van der Waals surface area contributed by atoms with Crippen molar-refractivity contribution in [3.05, 3.63) is 35.7 Å². The number of anilines is 2. The first-order valence-electron chi connectivity index (χ1n) is 6.87. The summed E-state index contributed by atoms with van der Waals surface area (Å²) in [5, 5.41) is 18.6.